The van der Waals surface area contributed by atoms with Crippen LogP contribution in [0.4, 0.5) is 0 Å². The second-order valence-electron chi connectivity index (χ2n) is 10.0. The summed E-state index contributed by atoms with van der Waals surface area (Å²) in [6, 6.07) is 16.3. The van der Waals surface area contributed by atoms with Gasteiger partial charge in [-0.05, 0) is 10.8 Å². The van der Waals surface area contributed by atoms with Gasteiger partial charge in [-0.1, -0.05) is 107 Å². The highest BCUT2D eigenvalue weighted by Crippen LogP contribution is 2.38. The predicted molar refractivity (Wildman–Crippen MR) is 119 cm³/mol. The van der Waals surface area contributed by atoms with Crippen LogP contribution >= 0.6 is 0 Å². The SMILES string of the molecule is C[Si](C)(C)[Si](c1cccc2ccccc12)([Si](C)(C)C)[Si](C)(C)C. The molecule has 2 aromatic carbocycles. The Labute approximate surface area is 146 Å². The van der Waals surface area contributed by atoms with Crippen LogP contribution in [0.2, 0.25) is 58.9 Å². The molecule has 0 aliphatic rings. The Hall–Kier alpha value is -0.432. The lowest BCUT2D eigenvalue weighted by atomic mass is 10.1. The van der Waals surface area contributed by atoms with E-state index in [0.717, 1.165) is 0 Å². The van der Waals surface area contributed by atoms with Gasteiger partial charge in [0.25, 0.3) is 0 Å². The molecule has 23 heavy (non-hydrogen) atoms. The van der Waals surface area contributed by atoms with Crippen molar-refractivity contribution in [2.24, 2.45) is 0 Å². The molecule has 0 nitrogen and oxygen atoms in total. The Morgan fingerprint density at radius 1 is 0.522 bits per heavy atom. The van der Waals surface area contributed by atoms with Gasteiger partial charge >= 0.3 is 0 Å². The zero-order valence-corrected chi connectivity index (χ0v) is 20.5. The topological polar surface area (TPSA) is 0 Å². The second-order valence-corrected chi connectivity index (χ2v) is 50.3. The van der Waals surface area contributed by atoms with Crippen molar-refractivity contribution in [1.82, 2.24) is 0 Å². The van der Waals surface area contributed by atoms with E-state index in [0.29, 0.717) is 0 Å². The molecule has 0 saturated carbocycles. The summed E-state index contributed by atoms with van der Waals surface area (Å²) in [4.78, 5) is 0. The van der Waals surface area contributed by atoms with Gasteiger partial charge < -0.3 is 0 Å². The number of hydrogen-bond acceptors (Lipinski definition) is 0. The fourth-order valence-corrected chi connectivity index (χ4v) is 107. The average molecular weight is 375 g/mol. The van der Waals surface area contributed by atoms with Crippen LogP contribution in [0.15, 0.2) is 42.5 Å². The van der Waals surface area contributed by atoms with Crippen molar-refractivity contribution in [2.75, 3.05) is 0 Å². The first-order valence-corrected chi connectivity index (χ1v) is 24.3. The van der Waals surface area contributed by atoms with E-state index in [-0.39, 0.29) is 0 Å². The van der Waals surface area contributed by atoms with Crippen molar-refractivity contribution in [3.8, 4) is 0 Å². The summed E-state index contributed by atoms with van der Waals surface area (Å²) in [5.41, 5.74) is 0. The fraction of sp³-hybridized carbons (Fsp3) is 0.474. The molecular formula is C19H34Si4. The van der Waals surface area contributed by atoms with Crippen molar-refractivity contribution >= 4 is 45.4 Å². The lowest BCUT2D eigenvalue weighted by Gasteiger charge is -2.58. The Balaban J connectivity index is 3.03. The van der Waals surface area contributed by atoms with Crippen LogP contribution in [0.1, 0.15) is 0 Å². The van der Waals surface area contributed by atoms with E-state index in [4.69, 9.17) is 0 Å². The normalized spacial score (nSPS) is 14.3. The van der Waals surface area contributed by atoms with Crippen LogP contribution in [0.3, 0.4) is 0 Å². The Morgan fingerprint density at radius 2 is 0.957 bits per heavy atom. The van der Waals surface area contributed by atoms with Crippen molar-refractivity contribution < 1.29 is 0 Å². The Kier molecular flexibility index (Phi) is 4.79. The smallest absolute Gasteiger partial charge is 0.0693 e. The fourth-order valence-electron chi connectivity index (χ4n) is 6.14. The molecule has 0 bridgehead atoms. The molecular weight excluding hydrogens is 341 g/mol. The monoisotopic (exact) mass is 374 g/mol. The third kappa shape index (κ3) is 2.88. The van der Waals surface area contributed by atoms with E-state index in [1.165, 1.54) is 5.39 Å². The van der Waals surface area contributed by atoms with Crippen molar-refractivity contribution in [1.29, 1.82) is 0 Å². The molecule has 0 N–H and O–H groups in total. The molecule has 0 saturated heterocycles. The average Bonchev–Trinajstić information content (AvgIpc) is 2.34. The summed E-state index contributed by atoms with van der Waals surface area (Å²) in [5, 5.41) is 4.82. The number of rotatable bonds is 4. The van der Waals surface area contributed by atoms with E-state index < -0.39 is 29.4 Å². The van der Waals surface area contributed by atoms with Crippen molar-refractivity contribution in [3.05, 3.63) is 42.5 Å². The molecule has 4 heteroatoms. The first kappa shape index (κ1) is 18.9. The van der Waals surface area contributed by atoms with Gasteiger partial charge in [0.1, 0.15) is 0 Å². The first-order valence-electron chi connectivity index (χ1n) is 8.82. The zero-order valence-electron chi connectivity index (χ0n) is 16.5. The summed E-state index contributed by atoms with van der Waals surface area (Å²) in [7, 11) is -3.91. The van der Waals surface area contributed by atoms with E-state index >= 15 is 0 Å². The van der Waals surface area contributed by atoms with Gasteiger partial charge in [0.15, 0.2) is 0 Å². The highest BCUT2D eigenvalue weighted by Gasteiger charge is 2.62. The zero-order chi connectivity index (χ0) is 17.7. The maximum Gasteiger partial charge on any atom is 0.0693 e. The summed E-state index contributed by atoms with van der Waals surface area (Å²) < 4.78 is 0. The third-order valence-corrected chi connectivity index (χ3v) is 76.7. The van der Waals surface area contributed by atoms with Crippen molar-refractivity contribution in [2.45, 2.75) is 58.9 Å². The van der Waals surface area contributed by atoms with Gasteiger partial charge in [-0.2, -0.15) is 0 Å². The van der Waals surface area contributed by atoms with E-state index in [1.807, 2.05) is 5.19 Å². The lowest BCUT2D eigenvalue weighted by Crippen LogP contribution is -2.88. The van der Waals surface area contributed by atoms with E-state index in [9.17, 15) is 0 Å². The quantitative estimate of drug-likeness (QED) is 0.598. The second kappa shape index (κ2) is 5.83. The first-order chi connectivity index (χ1) is 10.3. The molecule has 2 aromatic rings. The predicted octanol–water partition coefficient (Wildman–Crippen LogP) is 5.75. The van der Waals surface area contributed by atoms with E-state index in [2.05, 4.69) is 101 Å². The van der Waals surface area contributed by atoms with E-state index in [1.54, 1.807) is 5.39 Å². The minimum absolute atomic E-state index is 1.30. The van der Waals surface area contributed by atoms with Gasteiger partial charge in [-0.3, -0.25) is 0 Å². The Bertz CT molecular complexity index is 658. The maximum atomic E-state index is 2.68. The molecule has 0 amide bonds. The summed E-state index contributed by atoms with van der Waals surface area (Å²) >= 11 is 0. The molecule has 126 valence electrons. The number of benzene rings is 2. The summed E-state index contributed by atoms with van der Waals surface area (Å²) in [5.74, 6) is 0. The van der Waals surface area contributed by atoms with Crippen LogP contribution < -0.4 is 5.19 Å². The molecule has 0 unspecified atom stereocenters. The van der Waals surface area contributed by atoms with Crippen LogP contribution in [0, 0.1) is 0 Å². The van der Waals surface area contributed by atoms with Gasteiger partial charge in [-0.15, -0.1) is 0 Å². The minimum Gasteiger partial charge on any atom is -0.0716 e. The number of fused-ring (bicyclic) bond motifs is 1. The standard InChI is InChI=1S/C19H34Si4/c1-20(2,3)23(21(4,5)6,22(7,8)9)19-16-12-14-17-13-10-11-15-18(17)19/h10-16H,1-9H3. The van der Waals surface area contributed by atoms with Crippen LogP contribution in [0.5, 0.6) is 0 Å². The third-order valence-electron chi connectivity index (χ3n) is 5.57. The number of hydrogen-bond donors (Lipinski definition) is 0. The van der Waals surface area contributed by atoms with Crippen LogP contribution in [0.25, 0.3) is 10.8 Å². The molecule has 0 aliphatic carbocycles. The molecule has 0 heterocycles. The van der Waals surface area contributed by atoms with Gasteiger partial charge in [0, 0.05) is 22.8 Å². The van der Waals surface area contributed by atoms with Gasteiger partial charge in [0.2, 0.25) is 0 Å². The maximum absolute atomic E-state index is 2.68. The van der Waals surface area contributed by atoms with Crippen molar-refractivity contribution in [3.63, 3.8) is 0 Å². The summed E-state index contributed by atoms with van der Waals surface area (Å²) in [6.07, 6.45) is 0. The molecule has 2 rings (SSSR count). The molecule has 0 aromatic heterocycles. The highest BCUT2D eigenvalue weighted by atomic mass is 29.9. The summed E-state index contributed by atoms with van der Waals surface area (Å²) in [6.45, 7) is 22.6. The van der Waals surface area contributed by atoms with Gasteiger partial charge in [-0.25, -0.2) is 0 Å². The molecule has 0 fully saturated rings. The largest absolute Gasteiger partial charge is 0.0716 e. The lowest BCUT2D eigenvalue weighted by molar-refractivity contribution is 1.71. The van der Waals surface area contributed by atoms with Crippen LogP contribution in [-0.2, 0) is 0 Å². The molecule has 0 atom stereocenters. The molecule has 0 spiro atoms. The van der Waals surface area contributed by atoms with Gasteiger partial charge in [0.05, 0.1) is 6.63 Å². The molecule has 0 aliphatic heterocycles. The van der Waals surface area contributed by atoms with Crippen LogP contribution in [-0.4, -0.2) is 29.4 Å². The Morgan fingerprint density at radius 3 is 1.43 bits per heavy atom. The highest BCUT2D eigenvalue weighted by molar-refractivity contribution is 7.93. The minimum atomic E-state index is -1.52. The molecule has 0 radical (unpaired) electrons.